The third-order valence-corrected chi connectivity index (χ3v) is 3.31. The number of hydrogen-bond donors (Lipinski definition) is 0. The van der Waals surface area contributed by atoms with Gasteiger partial charge in [0, 0.05) is 17.6 Å². The highest BCUT2D eigenvalue weighted by Gasteiger charge is 2.45. The van der Waals surface area contributed by atoms with Crippen LogP contribution in [0.15, 0.2) is 24.3 Å². The lowest BCUT2D eigenvalue weighted by Gasteiger charge is -2.18. The maximum Gasteiger partial charge on any atom is 0.160 e. The quantitative estimate of drug-likeness (QED) is 0.710. The Bertz CT molecular complexity index is 391. The summed E-state index contributed by atoms with van der Waals surface area (Å²) in [5.74, 6) is 0.151. The number of ether oxygens (including phenoxy) is 1. The van der Waals surface area contributed by atoms with E-state index in [0.29, 0.717) is 0 Å². The van der Waals surface area contributed by atoms with Gasteiger partial charge in [0.15, 0.2) is 5.78 Å². The minimum absolute atomic E-state index is 0.123. The fourth-order valence-corrected chi connectivity index (χ4v) is 2.19. The van der Waals surface area contributed by atoms with Gasteiger partial charge in [-0.05, 0) is 32.3 Å². The first kappa shape index (κ1) is 11.3. The van der Waals surface area contributed by atoms with Gasteiger partial charge in [-0.2, -0.15) is 0 Å². The fourth-order valence-electron chi connectivity index (χ4n) is 2.19. The summed E-state index contributed by atoms with van der Waals surface area (Å²) in [6.45, 7) is 5.13. The molecule has 1 aromatic rings. The highest BCUT2D eigenvalue weighted by molar-refractivity contribution is 5.96. The third kappa shape index (κ3) is 2.03. The number of benzene rings is 1. The van der Waals surface area contributed by atoms with Gasteiger partial charge in [0.1, 0.15) is 0 Å². The summed E-state index contributed by atoms with van der Waals surface area (Å²) in [5, 5.41) is 0. The summed E-state index contributed by atoms with van der Waals surface area (Å²) < 4.78 is 5.54. The minimum Gasteiger partial charge on any atom is -0.381 e. The molecule has 16 heavy (non-hydrogen) atoms. The Morgan fingerprint density at radius 1 is 1.38 bits per heavy atom. The summed E-state index contributed by atoms with van der Waals surface area (Å²) in [4.78, 5) is 11.6. The van der Waals surface area contributed by atoms with Crippen molar-refractivity contribution in [2.24, 2.45) is 0 Å². The van der Waals surface area contributed by atoms with Crippen LogP contribution < -0.4 is 0 Å². The number of hydrogen-bond acceptors (Lipinski definition) is 2. The smallest absolute Gasteiger partial charge is 0.160 e. The third-order valence-electron chi connectivity index (χ3n) is 3.31. The minimum atomic E-state index is 0.123. The van der Waals surface area contributed by atoms with Gasteiger partial charge in [0.05, 0.1) is 6.61 Å². The van der Waals surface area contributed by atoms with Crippen molar-refractivity contribution < 1.29 is 9.53 Å². The van der Waals surface area contributed by atoms with Gasteiger partial charge in [-0.1, -0.05) is 24.3 Å². The molecule has 0 N–H and O–H groups in total. The normalized spacial score (nSPS) is 17.1. The Hall–Kier alpha value is -1.15. The second kappa shape index (κ2) is 4.38. The Morgan fingerprint density at radius 3 is 2.62 bits per heavy atom. The zero-order chi connectivity index (χ0) is 11.6. The van der Waals surface area contributed by atoms with Gasteiger partial charge >= 0.3 is 0 Å². The Balaban J connectivity index is 2.29. The molecule has 0 saturated heterocycles. The van der Waals surface area contributed by atoms with Crippen LogP contribution in [-0.4, -0.2) is 19.0 Å². The van der Waals surface area contributed by atoms with Crippen molar-refractivity contribution in [2.45, 2.75) is 32.1 Å². The van der Waals surface area contributed by atoms with Crippen molar-refractivity contribution in [3.63, 3.8) is 0 Å². The monoisotopic (exact) mass is 218 g/mol. The van der Waals surface area contributed by atoms with Crippen LogP contribution in [0.2, 0.25) is 0 Å². The highest BCUT2D eigenvalue weighted by Crippen LogP contribution is 2.49. The number of carbonyl (C=O) groups is 1. The van der Waals surface area contributed by atoms with Gasteiger partial charge < -0.3 is 4.74 Å². The lowest BCUT2D eigenvalue weighted by Crippen LogP contribution is -2.18. The first-order valence-electron chi connectivity index (χ1n) is 5.88. The molecule has 2 heteroatoms. The Kier molecular flexibility index (Phi) is 3.10. The van der Waals surface area contributed by atoms with Gasteiger partial charge in [-0.25, -0.2) is 0 Å². The molecule has 1 aromatic carbocycles. The van der Waals surface area contributed by atoms with Crippen LogP contribution in [0.4, 0.5) is 0 Å². The van der Waals surface area contributed by atoms with E-state index in [-0.39, 0.29) is 11.2 Å². The molecule has 0 bridgehead atoms. The Morgan fingerprint density at radius 2 is 2.06 bits per heavy atom. The number of Topliss-reactive ketones (excluding diaryl/α,β-unsaturated/α-hetero) is 1. The van der Waals surface area contributed by atoms with E-state index in [9.17, 15) is 4.79 Å². The van der Waals surface area contributed by atoms with Crippen LogP contribution in [0, 0.1) is 0 Å². The predicted octanol–water partition coefficient (Wildman–Crippen LogP) is 2.96. The van der Waals surface area contributed by atoms with E-state index in [2.05, 4.69) is 6.07 Å². The molecule has 0 atom stereocenters. The van der Waals surface area contributed by atoms with E-state index < -0.39 is 0 Å². The van der Waals surface area contributed by atoms with Crippen molar-refractivity contribution >= 4 is 5.78 Å². The van der Waals surface area contributed by atoms with E-state index in [0.717, 1.165) is 31.6 Å². The molecule has 0 aliphatic heterocycles. The number of carbonyl (C=O) groups excluding carboxylic acids is 1. The van der Waals surface area contributed by atoms with Crippen molar-refractivity contribution in [3.05, 3.63) is 35.4 Å². The lowest BCUT2D eigenvalue weighted by atomic mass is 9.90. The van der Waals surface area contributed by atoms with Crippen molar-refractivity contribution in [1.82, 2.24) is 0 Å². The van der Waals surface area contributed by atoms with Crippen LogP contribution in [-0.2, 0) is 10.2 Å². The molecule has 0 radical (unpaired) electrons. The second-order valence-corrected chi connectivity index (χ2v) is 4.52. The molecule has 0 unspecified atom stereocenters. The van der Waals surface area contributed by atoms with Crippen molar-refractivity contribution in [1.29, 1.82) is 0 Å². The second-order valence-electron chi connectivity index (χ2n) is 4.52. The molecule has 0 aromatic heterocycles. The largest absolute Gasteiger partial charge is 0.381 e. The van der Waals surface area contributed by atoms with Gasteiger partial charge in [-0.3, -0.25) is 4.79 Å². The SMILES string of the molecule is CCOCC1(c2ccccc2C(C)=O)CC1. The van der Waals surface area contributed by atoms with Crippen molar-refractivity contribution in [3.8, 4) is 0 Å². The van der Waals surface area contributed by atoms with E-state index in [1.54, 1.807) is 6.92 Å². The molecular weight excluding hydrogens is 200 g/mol. The molecule has 0 heterocycles. The molecule has 0 amide bonds. The van der Waals surface area contributed by atoms with E-state index in [1.165, 1.54) is 5.56 Å². The molecular formula is C14H18O2. The Labute approximate surface area is 96.6 Å². The van der Waals surface area contributed by atoms with E-state index >= 15 is 0 Å². The van der Waals surface area contributed by atoms with Crippen LogP contribution >= 0.6 is 0 Å². The van der Waals surface area contributed by atoms with Gasteiger partial charge in [0.2, 0.25) is 0 Å². The molecule has 0 spiro atoms. The fraction of sp³-hybridized carbons (Fsp3) is 0.500. The van der Waals surface area contributed by atoms with E-state index in [1.807, 2.05) is 25.1 Å². The summed E-state index contributed by atoms with van der Waals surface area (Å²) in [6.07, 6.45) is 2.27. The number of rotatable bonds is 5. The molecule has 2 nitrogen and oxygen atoms in total. The summed E-state index contributed by atoms with van der Waals surface area (Å²) in [7, 11) is 0. The molecule has 1 aliphatic carbocycles. The van der Waals surface area contributed by atoms with Crippen LogP contribution in [0.3, 0.4) is 0 Å². The molecule has 1 fully saturated rings. The van der Waals surface area contributed by atoms with Gasteiger partial charge in [-0.15, -0.1) is 0 Å². The maximum atomic E-state index is 11.6. The van der Waals surface area contributed by atoms with Crippen LogP contribution in [0.5, 0.6) is 0 Å². The molecule has 1 saturated carbocycles. The molecule has 1 aliphatic rings. The summed E-state index contributed by atoms with van der Waals surface area (Å²) in [6, 6.07) is 7.93. The lowest BCUT2D eigenvalue weighted by molar-refractivity contribution is 0.101. The highest BCUT2D eigenvalue weighted by atomic mass is 16.5. The van der Waals surface area contributed by atoms with E-state index in [4.69, 9.17) is 4.74 Å². The van der Waals surface area contributed by atoms with Crippen LogP contribution in [0.1, 0.15) is 42.6 Å². The summed E-state index contributed by atoms with van der Waals surface area (Å²) >= 11 is 0. The first-order valence-corrected chi connectivity index (χ1v) is 5.88. The zero-order valence-electron chi connectivity index (χ0n) is 9.95. The maximum absolute atomic E-state index is 11.6. The first-order chi connectivity index (χ1) is 7.69. The molecule has 86 valence electrons. The average molecular weight is 218 g/mol. The van der Waals surface area contributed by atoms with Gasteiger partial charge in [0.25, 0.3) is 0 Å². The number of ketones is 1. The average Bonchev–Trinajstić information content (AvgIpc) is 3.07. The summed E-state index contributed by atoms with van der Waals surface area (Å²) in [5.41, 5.74) is 2.16. The zero-order valence-corrected chi connectivity index (χ0v) is 9.95. The van der Waals surface area contributed by atoms with Crippen molar-refractivity contribution in [2.75, 3.05) is 13.2 Å². The standard InChI is InChI=1S/C14H18O2/c1-3-16-10-14(8-9-14)13-7-5-4-6-12(13)11(2)15/h4-7H,3,8-10H2,1-2H3. The van der Waals surface area contributed by atoms with Crippen LogP contribution in [0.25, 0.3) is 0 Å². The topological polar surface area (TPSA) is 26.3 Å². The molecule has 2 rings (SSSR count). The predicted molar refractivity (Wildman–Crippen MR) is 63.9 cm³/mol.